The predicted molar refractivity (Wildman–Crippen MR) is 79.3 cm³/mol. The summed E-state index contributed by atoms with van der Waals surface area (Å²) in [6, 6.07) is 0.328. The first-order valence-electron chi connectivity index (χ1n) is 6.81. The first-order valence-corrected chi connectivity index (χ1v) is 8.57. The molecule has 1 aromatic heterocycles. The molecule has 0 aromatic carbocycles. The zero-order valence-corrected chi connectivity index (χ0v) is 13.3. The molecule has 0 aliphatic heterocycles. The van der Waals surface area contributed by atoms with Gasteiger partial charge in [-0.15, -0.1) is 10.2 Å². The van der Waals surface area contributed by atoms with Crippen LogP contribution in [0.4, 0.5) is 0 Å². The highest BCUT2D eigenvalue weighted by Crippen LogP contribution is 2.30. The number of carbonyl (C=O) groups is 1. The molecule has 1 aliphatic rings. The van der Waals surface area contributed by atoms with E-state index in [4.69, 9.17) is 0 Å². The molecule has 1 amide bonds. The highest BCUT2D eigenvalue weighted by atomic mass is 32.2. The van der Waals surface area contributed by atoms with Crippen LogP contribution < -0.4 is 5.32 Å². The molecule has 0 unspecified atom stereocenters. The Morgan fingerprint density at radius 3 is 3.00 bits per heavy atom. The zero-order valence-electron chi connectivity index (χ0n) is 11.6. The number of thioether (sulfide) groups is 1. The zero-order chi connectivity index (χ0) is 13.8. The van der Waals surface area contributed by atoms with Crippen LogP contribution in [0.1, 0.15) is 40.0 Å². The molecular weight excluding hydrogens is 278 g/mol. The lowest BCUT2D eigenvalue weighted by molar-refractivity contribution is -0.121. The van der Waals surface area contributed by atoms with Crippen molar-refractivity contribution < 1.29 is 4.79 Å². The maximum atomic E-state index is 12.2. The number of amides is 1. The molecule has 4 atom stereocenters. The second-order valence-electron chi connectivity index (χ2n) is 5.35. The second-order valence-corrected chi connectivity index (χ2v) is 7.77. The monoisotopic (exact) mass is 299 g/mol. The fourth-order valence-electron chi connectivity index (χ4n) is 2.50. The van der Waals surface area contributed by atoms with Crippen molar-refractivity contribution in [3.05, 3.63) is 5.51 Å². The van der Waals surface area contributed by atoms with Crippen molar-refractivity contribution in [3.8, 4) is 0 Å². The lowest BCUT2D eigenvalue weighted by Gasteiger charge is -2.35. The van der Waals surface area contributed by atoms with Gasteiger partial charge in [0.2, 0.25) is 5.91 Å². The highest BCUT2D eigenvalue weighted by molar-refractivity contribution is 8.02. The van der Waals surface area contributed by atoms with Crippen molar-refractivity contribution >= 4 is 29.0 Å². The summed E-state index contributed by atoms with van der Waals surface area (Å²) in [6.07, 6.45) is 3.60. The molecule has 0 radical (unpaired) electrons. The number of carbonyl (C=O) groups excluding carboxylic acids is 1. The van der Waals surface area contributed by atoms with Gasteiger partial charge in [0.05, 0.1) is 5.25 Å². The Morgan fingerprint density at radius 1 is 1.53 bits per heavy atom. The first kappa shape index (κ1) is 14.8. The summed E-state index contributed by atoms with van der Waals surface area (Å²) in [4.78, 5) is 12.2. The smallest absolute Gasteiger partial charge is 0.233 e. The average Bonchev–Trinajstić information content (AvgIpc) is 2.87. The lowest BCUT2D eigenvalue weighted by atomic mass is 9.78. The van der Waals surface area contributed by atoms with Crippen molar-refractivity contribution in [2.45, 2.75) is 55.7 Å². The molecule has 0 spiro atoms. The Labute approximate surface area is 122 Å². The Balaban J connectivity index is 1.86. The van der Waals surface area contributed by atoms with Crippen LogP contribution in [0.25, 0.3) is 0 Å². The lowest BCUT2D eigenvalue weighted by Crippen LogP contribution is -2.46. The quantitative estimate of drug-likeness (QED) is 0.869. The van der Waals surface area contributed by atoms with Crippen LogP contribution in [-0.4, -0.2) is 27.4 Å². The van der Waals surface area contributed by atoms with Crippen molar-refractivity contribution in [1.29, 1.82) is 0 Å². The maximum Gasteiger partial charge on any atom is 0.233 e. The van der Waals surface area contributed by atoms with Gasteiger partial charge in [-0.25, -0.2) is 0 Å². The highest BCUT2D eigenvalue weighted by Gasteiger charge is 2.29. The van der Waals surface area contributed by atoms with Gasteiger partial charge in [-0.2, -0.15) is 0 Å². The van der Waals surface area contributed by atoms with E-state index < -0.39 is 0 Å². The third kappa shape index (κ3) is 3.92. The number of nitrogens with zero attached hydrogens (tertiary/aromatic N) is 2. The van der Waals surface area contributed by atoms with Gasteiger partial charge in [0.25, 0.3) is 0 Å². The summed E-state index contributed by atoms with van der Waals surface area (Å²) < 4.78 is 0.854. The largest absolute Gasteiger partial charge is 0.352 e. The minimum Gasteiger partial charge on any atom is -0.352 e. The van der Waals surface area contributed by atoms with Crippen molar-refractivity contribution in [1.82, 2.24) is 15.5 Å². The summed E-state index contributed by atoms with van der Waals surface area (Å²) >= 11 is 2.96. The third-order valence-electron chi connectivity index (χ3n) is 4.02. The van der Waals surface area contributed by atoms with E-state index in [1.165, 1.54) is 35.9 Å². The molecular formula is C13H21N3OS2. The van der Waals surface area contributed by atoms with Crippen LogP contribution in [0.3, 0.4) is 0 Å². The fourth-order valence-corrected chi connectivity index (χ4v) is 4.14. The molecule has 1 aliphatic carbocycles. The van der Waals surface area contributed by atoms with Gasteiger partial charge in [-0.05, 0) is 25.2 Å². The summed E-state index contributed by atoms with van der Waals surface area (Å²) in [6.45, 7) is 6.46. The van der Waals surface area contributed by atoms with Gasteiger partial charge in [0, 0.05) is 6.04 Å². The summed E-state index contributed by atoms with van der Waals surface area (Å²) in [5.41, 5.74) is 1.69. The van der Waals surface area contributed by atoms with Crippen molar-refractivity contribution in [3.63, 3.8) is 0 Å². The number of hydrogen-bond donors (Lipinski definition) is 1. The summed E-state index contributed by atoms with van der Waals surface area (Å²) in [5.74, 6) is 1.38. The Bertz CT molecular complexity index is 410. The number of aromatic nitrogens is 2. The molecule has 6 heteroatoms. The molecule has 1 saturated carbocycles. The van der Waals surface area contributed by atoms with Gasteiger partial charge >= 0.3 is 0 Å². The van der Waals surface area contributed by atoms with Crippen molar-refractivity contribution in [2.75, 3.05) is 0 Å². The molecule has 1 fully saturated rings. The molecule has 4 nitrogen and oxygen atoms in total. The van der Waals surface area contributed by atoms with E-state index in [1.54, 1.807) is 5.51 Å². The van der Waals surface area contributed by atoms with Crippen LogP contribution in [0.5, 0.6) is 0 Å². The average molecular weight is 299 g/mol. The summed E-state index contributed by atoms with van der Waals surface area (Å²) in [5, 5.41) is 10.8. The Hall–Kier alpha value is -0.620. The van der Waals surface area contributed by atoms with E-state index in [9.17, 15) is 4.79 Å². The maximum absolute atomic E-state index is 12.2. The van der Waals surface area contributed by atoms with Gasteiger partial charge in [-0.3, -0.25) is 4.79 Å². The second kappa shape index (κ2) is 6.70. The Morgan fingerprint density at radius 2 is 2.32 bits per heavy atom. The van der Waals surface area contributed by atoms with Gasteiger partial charge in [0.1, 0.15) is 5.51 Å². The molecule has 1 N–H and O–H groups in total. The summed E-state index contributed by atoms with van der Waals surface area (Å²) in [7, 11) is 0. The molecule has 1 heterocycles. The minimum absolute atomic E-state index is 0.114. The molecule has 1 aromatic rings. The Kier molecular flexibility index (Phi) is 5.21. The van der Waals surface area contributed by atoms with E-state index in [0.717, 1.165) is 10.8 Å². The SMILES string of the molecule is C[C@@H]1[C@H](C)CCC[C@H]1NC(=O)[C@@H](C)Sc1nncs1. The minimum atomic E-state index is -0.114. The van der Waals surface area contributed by atoms with Crippen molar-refractivity contribution in [2.24, 2.45) is 11.8 Å². The van der Waals surface area contributed by atoms with Crippen LogP contribution in [-0.2, 0) is 4.79 Å². The van der Waals surface area contributed by atoms with Crippen LogP contribution in [0.15, 0.2) is 9.85 Å². The molecule has 2 rings (SSSR count). The standard InChI is InChI=1S/C13H21N3OS2/c1-8-5-4-6-11(9(8)2)15-12(17)10(3)19-13-16-14-7-18-13/h7-11H,4-6H2,1-3H3,(H,15,17)/t8-,9-,10-,11-/m1/s1. The topological polar surface area (TPSA) is 54.9 Å². The van der Waals surface area contributed by atoms with Crippen LogP contribution in [0.2, 0.25) is 0 Å². The number of rotatable bonds is 4. The normalized spacial score (nSPS) is 28.9. The van der Waals surface area contributed by atoms with Gasteiger partial charge in [0.15, 0.2) is 4.34 Å². The molecule has 0 saturated heterocycles. The number of nitrogens with one attached hydrogen (secondary N) is 1. The van der Waals surface area contributed by atoms with E-state index in [-0.39, 0.29) is 11.2 Å². The van der Waals surface area contributed by atoms with E-state index in [2.05, 4.69) is 29.4 Å². The van der Waals surface area contributed by atoms with E-state index in [0.29, 0.717) is 17.9 Å². The van der Waals surface area contributed by atoms with Gasteiger partial charge in [-0.1, -0.05) is 49.8 Å². The molecule has 19 heavy (non-hydrogen) atoms. The first-order chi connectivity index (χ1) is 9.08. The third-order valence-corrected chi connectivity index (χ3v) is 5.93. The van der Waals surface area contributed by atoms with E-state index >= 15 is 0 Å². The molecule has 0 bridgehead atoms. The van der Waals surface area contributed by atoms with E-state index in [1.807, 2.05) is 6.92 Å². The van der Waals surface area contributed by atoms with Gasteiger partial charge < -0.3 is 5.32 Å². The molecule has 106 valence electrons. The number of hydrogen-bond acceptors (Lipinski definition) is 5. The fraction of sp³-hybridized carbons (Fsp3) is 0.769. The van der Waals surface area contributed by atoms with Crippen LogP contribution in [0, 0.1) is 11.8 Å². The van der Waals surface area contributed by atoms with Crippen LogP contribution >= 0.6 is 23.1 Å². The predicted octanol–water partition coefficient (Wildman–Crippen LogP) is 2.96.